The van der Waals surface area contributed by atoms with Gasteiger partial charge in [-0.1, -0.05) is 0 Å². The highest BCUT2D eigenvalue weighted by atomic mass is 16.5. The number of esters is 1. The number of nitrogens with zero attached hydrogens (tertiary/aromatic N) is 1. The molecule has 0 saturated carbocycles. The quantitative estimate of drug-likeness (QED) is 0.733. The molecule has 1 aromatic rings. The largest absolute Gasteiger partial charge is 0.463 e. The van der Waals surface area contributed by atoms with Crippen LogP contribution in [-0.2, 0) is 16.0 Å². The van der Waals surface area contributed by atoms with E-state index in [1.165, 1.54) is 6.20 Å². The number of hydrogen-bond acceptors (Lipinski definition) is 4. The Morgan fingerprint density at radius 1 is 1.57 bits per heavy atom. The Labute approximate surface area is 83.1 Å². The van der Waals surface area contributed by atoms with Gasteiger partial charge in [-0.2, -0.15) is 0 Å². The molecule has 76 valence electrons. The average Bonchev–Trinajstić information content (AvgIpc) is 2.07. The first-order chi connectivity index (χ1) is 6.58. The van der Waals surface area contributed by atoms with Crippen molar-refractivity contribution < 1.29 is 9.53 Å². The minimum atomic E-state index is -0.266. The molecular formula is C10H14N2O2. The van der Waals surface area contributed by atoms with Gasteiger partial charge < -0.3 is 10.5 Å². The van der Waals surface area contributed by atoms with Crippen LogP contribution in [0.2, 0.25) is 0 Å². The maximum absolute atomic E-state index is 11.2. The highest BCUT2D eigenvalue weighted by Gasteiger charge is 2.07. The molecule has 0 unspecified atom stereocenters. The van der Waals surface area contributed by atoms with Gasteiger partial charge in [0.1, 0.15) is 0 Å². The molecule has 0 amide bonds. The van der Waals surface area contributed by atoms with Crippen molar-refractivity contribution in [3.63, 3.8) is 0 Å². The van der Waals surface area contributed by atoms with E-state index in [1.807, 2.05) is 13.8 Å². The minimum absolute atomic E-state index is 0.0868. The normalized spacial score (nSPS) is 10.2. The van der Waals surface area contributed by atoms with Crippen LogP contribution >= 0.6 is 0 Å². The van der Waals surface area contributed by atoms with Crippen LogP contribution in [0.25, 0.3) is 0 Å². The Kier molecular flexibility index (Phi) is 3.45. The summed E-state index contributed by atoms with van der Waals surface area (Å²) in [5.41, 5.74) is 6.72. The highest BCUT2D eigenvalue weighted by molar-refractivity contribution is 5.72. The number of nitrogens with two attached hydrogens (primary N) is 1. The van der Waals surface area contributed by atoms with Gasteiger partial charge in [0.25, 0.3) is 0 Å². The molecule has 0 aliphatic rings. The van der Waals surface area contributed by atoms with Gasteiger partial charge in [-0.15, -0.1) is 0 Å². The second-order valence-electron chi connectivity index (χ2n) is 3.30. The van der Waals surface area contributed by atoms with E-state index in [9.17, 15) is 4.79 Å². The summed E-state index contributed by atoms with van der Waals surface area (Å²) in [5.74, 6) is -0.266. The Bertz CT molecular complexity index is 306. The molecule has 4 heteroatoms. The van der Waals surface area contributed by atoms with Crippen LogP contribution in [0.3, 0.4) is 0 Å². The highest BCUT2D eigenvalue weighted by Crippen LogP contribution is 2.03. The molecule has 0 radical (unpaired) electrons. The number of ether oxygens (including phenoxy) is 1. The third-order valence-corrected chi connectivity index (χ3v) is 1.54. The van der Waals surface area contributed by atoms with E-state index in [4.69, 9.17) is 10.5 Å². The van der Waals surface area contributed by atoms with E-state index >= 15 is 0 Å². The van der Waals surface area contributed by atoms with E-state index in [-0.39, 0.29) is 18.5 Å². The monoisotopic (exact) mass is 194 g/mol. The summed E-state index contributed by atoms with van der Waals surface area (Å²) in [4.78, 5) is 15.2. The van der Waals surface area contributed by atoms with E-state index < -0.39 is 0 Å². The Morgan fingerprint density at radius 2 is 2.29 bits per heavy atom. The molecule has 0 atom stereocenters. The molecule has 14 heavy (non-hydrogen) atoms. The third-order valence-electron chi connectivity index (χ3n) is 1.54. The van der Waals surface area contributed by atoms with Gasteiger partial charge in [-0.05, 0) is 26.0 Å². The zero-order chi connectivity index (χ0) is 10.6. The number of aromatic nitrogens is 1. The average molecular weight is 194 g/mol. The number of carbonyl (C=O) groups excluding carboxylic acids is 1. The lowest BCUT2D eigenvalue weighted by Gasteiger charge is -2.07. The van der Waals surface area contributed by atoms with Crippen molar-refractivity contribution in [1.82, 2.24) is 4.98 Å². The smallest absolute Gasteiger partial charge is 0.312 e. The van der Waals surface area contributed by atoms with E-state index in [1.54, 1.807) is 12.1 Å². The van der Waals surface area contributed by atoms with Crippen LogP contribution in [-0.4, -0.2) is 17.1 Å². The number of anilines is 1. The molecule has 1 rings (SSSR count). The first kappa shape index (κ1) is 10.5. The van der Waals surface area contributed by atoms with Gasteiger partial charge in [0.05, 0.1) is 30.1 Å². The van der Waals surface area contributed by atoms with Gasteiger partial charge in [0, 0.05) is 0 Å². The molecular weight excluding hydrogens is 180 g/mol. The first-order valence-corrected chi connectivity index (χ1v) is 4.48. The SMILES string of the molecule is CC(C)OC(=O)Cc1ccc(N)cn1. The zero-order valence-corrected chi connectivity index (χ0v) is 8.36. The van der Waals surface area contributed by atoms with Crippen LogP contribution in [0.5, 0.6) is 0 Å². The molecule has 0 aromatic carbocycles. The fourth-order valence-electron chi connectivity index (χ4n) is 0.993. The summed E-state index contributed by atoms with van der Waals surface area (Å²) in [6.45, 7) is 3.63. The van der Waals surface area contributed by atoms with Gasteiger partial charge in [0.2, 0.25) is 0 Å². The molecule has 2 N–H and O–H groups in total. The van der Waals surface area contributed by atoms with Gasteiger partial charge in [-0.25, -0.2) is 0 Å². The van der Waals surface area contributed by atoms with Gasteiger partial charge in [0.15, 0.2) is 0 Å². The molecule has 0 aliphatic carbocycles. The topological polar surface area (TPSA) is 65.2 Å². The second kappa shape index (κ2) is 4.60. The van der Waals surface area contributed by atoms with E-state index in [0.29, 0.717) is 11.4 Å². The molecule has 1 aromatic heterocycles. The Morgan fingerprint density at radius 3 is 2.79 bits per heavy atom. The van der Waals surface area contributed by atoms with Crippen molar-refractivity contribution in [1.29, 1.82) is 0 Å². The number of pyridine rings is 1. The predicted octanol–water partition coefficient (Wildman–Crippen LogP) is 1.16. The molecule has 0 saturated heterocycles. The van der Waals surface area contributed by atoms with Crippen molar-refractivity contribution in [2.45, 2.75) is 26.4 Å². The Hall–Kier alpha value is -1.58. The lowest BCUT2D eigenvalue weighted by Crippen LogP contribution is -2.14. The van der Waals surface area contributed by atoms with Crippen molar-refractivity contribution in [2.24, 2.45) is 0 Å². The number of rotatable bonds is 3. The number of hydrogen-bond donors (Lipinski definition) is 1. The predicted molar refractivity (Wildman–Crippen MR) is 53.6 cm³/mol. The standard InChI is InChI=1S/C10H14N2O2/c1-7(2)14-10(13)5-9-4-3-8(11)6-12-9/h3-4,6-7H,5,11H2,1-2H3. The van der Waals surface area contributed by atoms with Crippen molar-refractivity contribution in [3.05, 3.63) is 24.0 Å². The van der Waals surface area contributed by atoms with Crippen molar-refractivity contribution in [3.8, 4) is 0 Å². The summed E-state index contributed by atoms with van der Waals surface area (Å²) >= 11 is 0. The summed E-state index contributed by atoms with van der Waals surface area (Å²) < 4.78 is 4.97. The van der Waals surface area contributed by atoms with Crippen LogP contribution in [0.15, 0.2) is 18.3 Å². The molecule has 0 fully saturated rings. The molecule has 0 spiro atoms. The van der Waals surface area contributed by atoms with Gasteiger partial charge >= 0.3 is 5.97 Å². The zero-order valence-electron chi connectivity index (χ0n) is 8.36. The van der Waals surface area contributed by atoms with Gasteiger partial charge in [-0.3, -0.25) is 9.78 Å². The molecule has 1 heterocycles. The third kappa shape index (κ3) is 3.43. The lowest BCUT2D eigenvalue weighted by atomic mass is 10.2. The molecule has 0 aliphatic heterocycles. The van der Waals surface area contributed by atoms with Crippen molar-refractivity contribution >= 4 is 11.7 Å². The summed E-state index contributed by atoms with van der Waals surface area (Å²) in [7, 11) is 0. The number of carbonyl (C=O) groups is 1. The van der Waals surface area contributed by atoms with E-state index in [0.717, 1.165) is 0 Å². The van der Waals surface area contributed by atoms with Crippen LogP contribution in [0.1, 0.15) is 19.5 Å². The second-order valence-corrected chi connectivity index (χ2v) is 3.30. The van der Waals surface area contributed by atoms with Crippen LogP contribution in [0.4, 0.5) is 5.69 Å². The summed E-state index contributed by atoms with van der Waals surface area (Å²) in [6, 6.07) is 3.43. The van der Waals surface area contributed by atoms with Crippen LogP contribution in [0, 0.1) is 0 Å². The molecule has 4 nitrogen and oxygen atoms in total. The summed E-state index contributed by atoms with van der Waals surface area (Å²) in [6.07, 6.45) is 1.63. The summed E-state index contributed by atoms with van der Waals surface area (Å²) in [5, 5.41) is 0. The Balaban J connectivity index is 2.52. The maximum atomic E-state index is 11.2. The number of nitrogen functional groups attached to an aromatic ring is 1. The fraction of sp³-hybridized carbons (Fsp3) is 0.400. The molecule has 0 bridgehead atoms. The van der Waals surface area contributed by atoms with Crippen molar-refractivity contribution in [2.75, 3.05) is 5.73 Å². The lowest BCUT2D eigenvalue weighted by molar-refractivity contribution is -0.146. The van der Waals surface area contributed by atoms with Crippen LogP contribution < -0.4 is 5.73 Å². The minimum Gasteiger partial charge on any atom is -0.463 e. The maximum Gasteiger partial charge on any atom is 0.312 e. The fourth-order valence-corrected chi connectivity index (χ4v) is 0.993. The van der Waals surface area contributed by atoms with E-state index in [2.05, 4.69) is 4.98 Å². The first-order valence-electron chi connectivity index (χ1n) is 4.48.